The molecule has 1 aliphatic rings. The van der Waals surface area contributed by atoms with E-state index in [1.165, 1.54) is 0 Å². The van der Waals surface area contributed by atoms with E-state index in [0.717, 1.165) is 41.8 Å². The molecule has 6 nitrogen and oxygen atoms in total. The normalized spacial score (nSPS) is 19.9. The molecule has 0 spiro atoms. The number of morpholine rings is 1. The number of rotatable bonds is 5. The van der Waals surface area contributed by atoms with Gasteiger partial charge in [0.15, 0.2) is 0 Å². The smallest absolute Gasteiger partial charge is 0.252 e. The fraction of sp³-hybridized carbons (Fsp3) is 0.348. The molecule has 2 unspecified atom stereocenters. The van der Waals surface area contributed by atoms with Crippen molar-refractivity contribution in [1.29, 1.82) is 0 Å². The number of nitrogens with zero attached hydrogens (tertiary/aromatic N) is 3. The predicted octanol–water partition coefficient (Wildman–Crippen LogP) is 3.14. The Balaban J connectivity index is 1.52. The number of benzene rings is 1. The zero-order chi connectivity index (χ0) is 20.2. The molecule has 3 aromatic rings. The van der Waals surface area contributed by atoms with Crippen LogP contribution in [0.2, 0.25) is 0 Å². The molecule has 0 saturated carbocycles. The van der Waals surface area contributed by atoms with Crippen LogP contribution in [0.3, 0.4) is 0 Å². The molecule has 0 radical (unpaired) electrons. The zero-order valence-corrected chi connectivity index (χ0v) is 16.8. The molecule has 2 aromatic heterocycles. The molecule has 4 rings (SSSR count). The van der Waals surface area contributed by atoms with Crippen LogP contribution in [-0.4, -0.2) is 59.2 Å². The first-order valence-electron chi connectivity index (χ1n) is 10.1. The first kappa shape index (κ1) is 19.5. The van der Waals surface area contributed by atoms with Crippen LogP contribution in [0.5, 0.6) is 0 Å². The van der Waals surface area contributed by atoms with Crippen LogP contribution in [-0.2, 0) is 4.74 Å². The SMILES string of the molecule is CC1CN(CCNC(=O)c2cc(-c3ccncc3)nc3ccccc23)CC(C)O1. The molecular formula is C23H26N4O2. The summed E-state index contributed by atoms with van der Waals surface area (Å²) < 4.78 is 5.78. The van der Waals surface area contributed by atoms with Gasteiger partial charge in [-0.25, -0.2) is 4.98 Å². The minimum atomic E-state index is -0.0757. The number of aromatic nitrogens is 2. The number of hydrogen-bond acceptors (Lipinski definition) is 5. The Bertz CT molecular complexity index is 983. The van der Waals surface area contributed by atoms with Crippen LogP contribution in [0, 0.1) is 0 Å². The minimum Gasteiger partial charge on any atom is -0.373 e. The van der Waals surface area contributed by atoms with Gasteiger partial charge < -0.3 is 10.1 Å². The average molecular weight is 390 g/mol. The fourth-order valence-corrected chi connectivity index (χ4v) is 3.92. The molecule has 1 amide bonds. The Morgan fingerprint density at radius 3 is 2.62 bits per heavy atom. The van der Waals surface area contributed by atoms with Crippen molar-refractivity contribution in [2.75, 3.05) is 26.2 Å². The molecule has 1 N–H and O–H groups in total. The summed E-state index contributed by atoms with van der Waals surface area (Å²) in [7, 11) is 0. The number of ether oxygens (including phenoxy) is 1. The molecule has 29 heavy (non-hydrogen) atoms. The maximum absolute atomic E-state index is 13.0. The maximum Gasteiger partial charge on any atom is 0.252 e. The molecule has 6 heteroatoms. The number of carbonyl (C=O) groups is 1. The van der Waals surface area contributed by atoms with E-state index in [9.17, 15) is 4.79 Å². The predicted molar refractivity (Wildman–Crippen MR) is 114 cm³/mol. The van der Waals surface area contributed by atoms with E-state index in [4.69, 9.17) is 9.72 Å². The van der Waals surface area contributed by atoms with Crippen molar-refractivity contribution >= 4 is 16.8 Å². The van der Waals surface area contributed by atoms with E-state index in [1.807, 2.05) is 42.5 Å². The highest BCUT2D eigenvalue weighted by molar-refractivity contribution is 6.07. The van der Waals surface area contributed by atoms with E-state index in [0.29, 0.717) is 12.1 Å². The fourth-order valence-electron chi connectivity index (χ4n) is 3.92. The maximum atomic E-state index is 13.0. The first-order chi connectivity index (χ1) is 14.1. The van der Waals surface area contributed by atoms with Crippen molar-refractivity contribution in [3.63, 3.8) is 0 Å². The molecular weight excluding hydrogens is 364 g/mol. The highest BCUT2D eigenvalue weighted by Gasteiger charge is 2.22. The van der Waals surface area contributed by atoms with Gasteiger partial charge in [0, 0.05) is 49.5 Å². The Morgan fingerprint density at radius 2 is 1.86 bits per heavy atom. The average Bonchev–Trinajstić information content (AvgIpc) is 2.73. The van der Waals surface area contributed by atoms with Gasteiger partial charge in [0.25, 0.3) is 5.91 Å². The zero-order valence-electron chi connectivity index (χ0n) is 16.8. The Hall–Kier alpha value is -2.83. The third-order valence-corrected chi connectivity index (χ3v) is 5.15. The number of carbonyl (C=O) groups excluding carboxylic acids is 1. The summed E-state index contributed by atoms with van der Waals surface area (Å²) in [5, 5.41) is 3.94. The van der Waals surface area contributed by atoms with Crippen LogP contribution in [0.1, 0.15) is 24.2 Å². The monoisotopic (exact) mass is 390 g/mol. The number of pyridine rings is 2. The third kappa shape index (κ3) is 4.60. The van der Waals surface area contributed by atoms with Gasteiger partial charge in [-0.05, 0) is 38.1 Å². The summed E-state index contributed by atoms with van der Waals surface area (Å²) in [6.07, 6.45) is 3.91. The van der Waals surface area contributed by atoms with E-state index in [1.54, 1.807) is 12.4 Å². The van der Waals surface area contributed by atoms with Crippen molar-refractivity contribution in [2.24, 2.45) is 0 Å². The van der Waals surface area contributed by atoms with Gasteiger partial charge in [0.2, 0.25) is 0 Å². The first-order valence-corrected chi connectivity index (χ1v) is 10.1. The number of fused-ring (bicyclic) bond motifs is 1. The van der Waals surface area contributed by atoms with E-state index < -0.39 is 0 Å². The van der Waals surface area contributed by atoms with Crippen molar-refractivity contribution in [1.82, 2.24) is 20.2 Å². The van der Waals surface area contributed by atoms with E-state index in [2.05, 4.69) is 29.0 Å². The highest BCUT2D eigenvalue weighted by Crippen LogP contribution is 2.24. The van der Waals surface area contributed by atoms with Gasteiger partial charge in [-0.2, -0.15) is 0 Å². The summed E-state index contributed by atoms with van der Waals surface area (Å²) in [5.74, 6) is -0.0757. The molecule has 0 aliphatic carbocycles. The number of amides is 1. The van der Waals surface area contributed by atoms with Crippen LogP contribution >= 0.6 is 0 Å². The largest absolute Gasteiger partial charge is 0.373 e. The molecule has 150 valence electrons. The summed E-state index contributed by atoms with van der Waals surface area (Å²) >= 11 is 0. The van der Waals surface area contributed by atoms with Crippen molar-refractivity contribution in [2.45, 2.75) is 26.1 Å². The van der Waals surface area contributed by atoms with Gasteiger partial charge in [-0.3, -0.25) is 14.7 Å². The van der Waals surface area contributed by atoms with Crippen LogP contribution in [0.25, 0.3) is 22.2 Å². The summed E-state index contributed by atoms with van der Waals surface area (Å²) in [5.41, 5.74) is 3.16. The Labute approximate surface area is 170 Å². The van der Waals surface area contributed by atoms with Crippen molar-refractivity contribution in [3.05, 3.63) is 60.4 Å². The lowest BCUT2D eigenvalue weighted by Crippen LogP contribution is -2.47. The van der Waals surface area contributed by atoms with Gasteiger partial charge in [0.1, 0.15) is 0 Å². The second-order valence-electron chi connectivity index (χ2n) is 7.58. The molecule has 1 fully saturated rings. The quantitative estimate of drug-likeness (QED) is 0.725. The van der Waals surface area contributed by atoms with Gasteiger partial charge in [-0.15, -0.1) is 0 Å². The topological polar surface area (TPSA) is 67.4 Å². The molecule has 3 heterocycles. The summed E-state index contributed by atoms with van der Waals surface area (Å²) in [4.78, 5) is 24.2. The van der Waals surface area contributed by atoms with Crippen LogP contribution < -0.4 is 5.32 Å². The van der Waals surface area contributed by atoms with Gasteiger partial charge >= 0.3 is 0 Å². The van der Waals surface area contributed by atoms with Gasteiger partial charge in [0.05, 0.1) is 29.0 Å². The second kappa shape index (κ2) is 8.68. The lowest BCUT2D eigenvalue weighted by Gasteiger charge is -2.35. The van der Waals surface area contributed by atoms with Crippen LogP contribution in [0.4, 0.5) is 0 Å². The van der Waals surface area contributed by atoms with Crippen molar-refractivity contribution in [3.8, 4) is 11.3 Å². The standard InChI is InChI=1S/C23H26N4O2/c1-16-14-27(15-17(2)29-16)12-11-25-23(28)20-13-22(18-7-9-24-10-8-18)26-21-6-4-3-5-19(20)21/h3-10,13,16-17H,11-12,14-15H2,1-2H3,(H,25,28). The van der Waals surface area contributed by atoms with E-state index in [-0.39, 0.29) is 18.1 Å². The van der Waals surface area contributed by atoms with Crippen molar-refractivity contribution < 1.29 is 9.53 Å². The summed E-state index contributed by atoms with van der Waals surface area (Å²) in [6.45, 7) is 7.37. The molecule has 2 atom stereocenters. The molecule has 1 aliphatic heterocycles. The lowest BCUT2D eigenvalue weighted by atomic mass is 10.0. The third-order valence-electron chi connectivity index (χ3n) is 5.15. The van der Waals surface area contributed by atoms with E-state index >= 15 is 0 Å². The number of hydrogen-bond donors (Lipinski definition) is 1. The molecule has 1 aromatic carbocycles. The van der Waals surface area contributed by atoms with Gasteiger partial charge in [-0.1, -0.05) is 18.2 Å². The summed E-state index contributed by atoms with van der Waals surface area (Å²) in [6, 6.07) is 13.4. The Kier molecular flexibility index (Phi) is 5.83. The molecule has 1 saturated heterocycles. The number of nitrogens with one attached hydrogen (secondary N) is 1. The number of para-hydroxylation sites is 1. The lowest BCUT2D eigenvalue weighted by molar-refractivity contribution is -0.0672. The highest BCUT2D eigenvalue weighted by atomic mass is 16.5. The minimum absolute atomic E-state index is 0.0757. The Morgan fingerprint density at radius 1 is 1.14 bits per heavy atom. The second-order valence-corrected chi connectivity index (χ2v) is 7.58. The van der Waals surface area contributed by atoms with Crippen LogP contribution in [0.15, 0.2) is 54.9 Å². The molecule has 0 bridgehead atoms.